The SMILES string of the molecule is Cc1ccc(C23C[C@H]4C[C@@H](CC(C(=O)NCCCOC(C)C)(C4)C2)C3)cc1. The highest BCUT2D eigenvalue weighted by Crippen LogP contribution is 2.65. The van der Waals surface area contributed by atoms with Crippen LogP contribution in [0.4, 0.5) is 0 Å². The third-order valence-electron chi connectivity index (χ3n) is 7.26. The second-order valence-corrected chi connectivity index (χ2v) is 9.92. The number of nitrogens with one attached hydrogen (secondary N) is 1. The zero-order chi connectivity index (χ0) is 19.1. The van der Waals surface area contributed by atoms with Crippen LogP contribution in [0.25, 0.3) is 0 Å². The average molecular weight is 370 g/mol. The van der Waals surface area contributed by atoms with E-state index in [9.17, 15) is 4.79 Å². The lowest BCUT2D eigenvalue weighted by Gasteiger charge is -2.61. The third-order valence-corrected chi connectivity index (χ3v) is 7.26. The van der Waals surface area contributed by atoms with Crippen LogP contribution in [0.3, 0.4) is 0 Å². The minimum Gasteiger partial charge on any atom is -0.379 e. The molecular weight excluding hydrogens is 334 g/mol. The van der Waals surface area contributed by atoms with Crippen LogP contribution in [-0.4, -0.2) is 25.2 Å². The normalized spacial score (nSPS) is 34.2. The predicted octanol–water partition coefficient (Wildman–Crippen LogP) is 4.76. The highest BCUT2D eigenvalue weighted by molar-refractivity contribution is 5.83. The van der Waals surface area contributed by atoms with Gasteiger partial charge in [0.15, 0.2) is 0 Å². The lowest BCUT2D eigenvalue weighted by atomic mass is 9.42. The fourth-order valence-corrected chi connectivity index (χ4v) is 6.55. The standard InChI is InChI=1S/C24H35NO2/c1-17(2)27-10-4-9-25-22(26)24-14-19-11-20(15-24)13-23(12-19,16-24)21-7-5-18(3)6-8-21/h5-8,17,19-20H,4,9-16H2,1-3H3,(H,25,26)/t19-,20-,23?,24?/m1/s1. The Morgan fingerprint density at radius 2 is 1.81 bits per heavy atom. The largest absolute Gasteiger partial charge is 0.379 e. The van der Waals surface area contributed by atoms with Crippen molar-refractivity contribution in [1.82, 2.24) is 5.32 Å². The quantitative estimate of drug-likeness (QED) is 0.704. The molecule has 0 heterocycles. The van der Waals surface area contributed by atoms with Crippen LogP contribution in [0.15, 0.2) is 24.3 Å². The van der Waals surface area contributed by atoms with Crippen LogP contribution >= 0.6 is 0 Å². The molecule has 0 unspecified atom stereocenters. The predicted molar refractivity (Wildman–Crippen MR) is 109 cm³/mol. The number of carbonyl (C=O) groups excluding carboxylic acids is 1. The minimum atomic E-state index is -0.131. The monoisotopic (exact) mass is 369 g/mol. The minimum absolute atomic E-state index is 0.131. The lowest BCUT2D eigenvalue weighted by Crippen LogP contribution is -2.59. The van der Waals surface area contributed by atoms with Gasteiger partial charge in [0.2, 0.25) is 5.91 Å². The van der Waals surface area contributed by atoms with Crippen LogP contribution in [0, 0.1) is 24.2 Å². The molecule has 0 aliphatic heterocycles. The van der Waals surface area contributed by atoms with Crippen molar-refractivity contribution in [2.24, 2.45) is 17.3 Å². The summed E-state index contributed by atoms with van der Waals surface area (Å²) < 4.78 is 5.61. The molecule has 4 bridgehead atoms. The van der Waals surface area contributed by atoms with Crippen molar-refractivity contribution in [1.29, 1.82) is 0 Å². The Morgan fingerprint density at radius 3 is 2.44 bits per heavy atom. The highest BCUT2D eigenvalue weighted by Gasteiger charge is 2.60. The molecule has 5 rings (SSSR count). The number of hydrogen-bond donors (Lipinski definition) is 1. The van der Waals surface area contributed by atoms with E-state index in [1.165, 1.54) is 30.4 Å². The van der Waals surface area contributed by atoms with Gasteiger partial charge in [-0.15, -0.1) is 0 Å². The van der Waals surface area contributed by atoms with E-state index in [-0.39, 0.29) is 16.9 Å². The van der Waals surface area contributed by atoms with Crippen LogP contribution in [0.1, 0.15) is 69.9 Å². The fourth-order valence-electron chi connectivity index (χ4n) is 6.55. The molecule has 4 aliphatic rings. The van der Waals surface area contributed by atoms with E-state index in [0.717, 1.165) is 50.7 Å². The van der Waals surface area contributed by atoms with Crippen molar-refractivity contribution < 1.29 is 9.53 Å². The van der Waals surface area contributed by atoms with Gasteiger partial charge in [-0.25, -0.2) is 0 Å². The van der Waals surface area contributed by atoms with E-state index < -0.39 is 0 Å². The van der Waals surface area contributed by atoms with E-state index in [1.54, 1.807) is 0 Å². The van der Waals surface area contributed by atoms with Crippen molar-refractivity contribution in [2.45, 2.75) is 77.2 Å². The molecule has 0 radical (unpaired) electrons. The molecule has 4 fully saturated rings. The number of aryl methyl sites for hydroxylation is 1. The molecule has 1 amide bonds. The third kappa shape index (κ3) is 3.68. The van der Waals surface area contributed by atoms with Gasteiger partial charge in [-0.05, 0) is 88.5 Å². The topological polar surface area (TPSA) is 38.3 Å². The molecule has 1 N–H and O–H groups in total. The molecule has 1 aromatic rings. The molecular formula is C24H35NO2. The highest BCUT2D eigenvalue weighted by atomic mass is 16.5. The zero-order valence-corrected chi connectivity index (χ0v) is 17.2. The Balaban J connectivity index is 1.47. The Bertz CT molecular complexity index is 664. The summed E-state index contributed by atoms with van der Waals surface area (Å²) in [5.74, 6) is 1.77. The van der Waals surface area contributed by atoms with Gasteiger partial charge in [-0.1, -0.05) is 29.8 Å². The maximum Gasteiger partial charge on any atom is 0.226 e. The molecule has 3 nitrogen and oxygen atoms in total. The van der Waals surface area contributed by atoms with E-state index >= 15 is 0 Å². The summed E-state index contributed by atoms with van der Waals surface area (Å²) in [5, 5.41) is 3.27. The van der Waals surface area contributed by atoms with Crippen LogP contribution < -0.4 is 5.32 Å². The summed E-state index contributed by atoms with van der Waals surface area (Å²) in [4.78, 5) is 13.3. The first kappa shape index (κ1) is 19.0. The van der Waals surface area contributed by atoms with E-state index in [4.69, 9.17) is 4.74 Å². The van der Waals surface area contributed by atoms with E-state index in [2.05, 4.69) is 50.4 Å². The van der Waals surface area contributed by atoms with Gasteiger partial charge >= 0.3 is 0 Å². The van der Waals surface area contributed by atoms with Gasteiger partial charge in [0.25, 0.3) is 0 Å². The Morgan fingerprint density at radius 1 is 1.15 bits per heavy atom. The van der Waals surface area contributed by atoms with Gasteiger partial charge < -0.3 is 10.1 Å². The average Bonchev–Trinajstić information content (AvgIpc) is 2.60. The number of benzene rings is 1. The van der Waals surface area contributed by atoms with Crippen molar-refractivity contribution in [3.63, 3.8) is 0 Å². The Hall–Kier alpha value is -1.35. The summed E-state index contributed by atoms with van der Waals surface area (Å²) in [6.45, 7) is 7.72. The molecule has 0 aromatic heterocycles. The number of ether oxygens (including phenoxy) is 1. The Kier molecular flexibility index (Phi) is 5.09. The molecule has 0 saturated heterocycles. The van der Waals surface area contributed by atoms with Crippen LogP contribution in [-0.2, 0) is 14.9 Å². The molecule has 3 heteroatoms. The molecule has 2 atom stereocenters. The van der Waals surface area contributed by atoms with Crippen LogP contribution in [0.5, 0.6) is 0 Å². The number of hydrogen-bond acceptors (Lipinski definition) is 2. The van der Waals surface area contributed by atoms with Crippen molar-refractivity contribution in [2.75, 3.05) is 13.2 Å². The number of carbonyl (C=O) groups is 1. The van der Waals surface area contributed by atoms with E-state index in [0.29, 0.717) is 5.91 Å². The van der Waals surface area contributed by atoms with Gasteiger partial charge in [-0.2, -0.15) is 0 Å². The maximum atomic E-state index is 13.3. The summed E-state index contributed by atoms with van der Waals surface area (Å²) in [6, 6.07) is 9.15. The summed E-state index contributed by atoms with van der Waals surface area (Å²) in [5.41, 5.74) is 2.90. The number of amides is 1. The smallest absolute Gasteiger partial charge is 0.226 e. The second-order valence-electron chi connectivity index (χ2n) is 9.92. The lowest BCUT2D eigenvalue weighted by molar-refractivity contribution is -0.149. The Labute approximate surface area is 164 Å². The molecule has 0 spiro atoms. The second kappa shape index (κ2) is 7.24. The molecule has 4 saturated carbocycles. The fraction of sp³-hybridized carbons (Fsp3) is 0.708. The maximum absolute atomic E-state index is 13.3. The summed E-state index contributed by atoms with van der Waals surface area (Å²) in [6.07, 6.45) is 8.31. The van der Waals surface area contributed by atoms with E-state index in [1.807, 2.05) is 0 Å². The molecule has 27 heavy (non-hydrogen) atoms. The van der Waals surface area contributed by atoms with Crippen LogP contribution in [0.2, 0.25) is 0 Å². The molecule has 148 valence electrons. The zero-order valence-electron chi connectivity index (χ0n) is 17.2. The first-order valence-corrected chi connectivity index (χ1v) is 10.9. The van der Waals surface area contributed by atoms with Crippen molar-refractivity contribution in [3.8, 4) is 0 Å². The van der Waals surface area contributed by atoms with Gasteiger partial charge in [0.1, 0.15) is 0 Å². The van der Waals surface area contributed by atoms with Gasteiger partial charge in [0, 0.05) is 13.2 Å². The summed E-state index contributed by atoms with van der Waals surface area (Å²) in [7, 11) is 0. The first-order chi connectivity index (χ1) is 12.9. The van der Waals surface area contributed by atoms with Crippen molar-refractivity contribution >= 4 is 5.91 Å². The van der Waals surface area contributed by atoms with Crippen molar-refractivity contribution in [3.05, 3.63) is 35.4 Å². The molecule has 4 aliphatic carbocycles. The first-order valence-electron chi connectivity index (χ1n) is 10.9. The molecule has 1 aromatic carbocycles. The van der Waals surface area contributed by atoms with Gasteiger partial charge in [0.05, 0.1) is 11.5 Å². The summed E-state index contributed by atoms with van der Waals surface area (Å²) >= 11 is 0. The number of rotatable bonds is 7. The van der Waals surface area contributed by atoms with Gasteiger partial charge in [-0.3, -0.25) is 4.79 Å².